The third kappa shape index (κ3) is 4.97. The van der Waals surface area contributed by atoms with Crippen molar-refractivity contribution in [2.24, 2.45) is 0 Å². The number of anilines is 1. The third-order valence-electron chi connectivity index (χ3n) is 4.03. The monoisotopic (exact) mass is 430 g/mol. The molecule has 2 aromatic rings. The molecule has 3 N–H and O–H groups in total. The summed E-state index contributed by atoms with van der Waals surface area (Å²) in [4.78, 5) is 15.0. The molecule has 2 rings (SSSR count). The van der Waals surface area contributed by atoms with Crippen molar-refractivity contribution in [3.05, 3.63) is 39.8 Å². The number of aliphatic carboxylic acids is 1. The van der Waals surface area contributed by atoms with E-state index in [4.69, 9.17) is 27.9 Å². The average molecular weight is 431 g/mol. The normalized spacial score (nSPS) is 12.1. The molecule has 0 radical (unpaired) electrons. The zero-order chi connectivity index (χ0) is 21.0. The van der Waals surface area contributed by atoms with Gasteiger partial charge in [-0.25, -0.2) is 4.79 Å². The molecule has 0 saturated heterocycles. The minimum atomic E-state index is -1.11. The fourth-order valence-electron chi connectivity index (χ4n) is 2.57. The summed E-state index contributed by atoms with van der Waals surface area (Å²) in [5.41, 5.74) is 0.631. The SMILES string of the molecule is CCC[C@H](Nc1nc(F)c(Cl)c(Oc2ccc(O)c(C(C)C)c2)c1Cl)C(=O)O. The average Bonchev–Trinajstić information content (AvgIpc) is 2.63. The number of nitrogens with zero attached hydrogens (tertiary/aromatic N) is 1. The van der Waals surface area contributed by atoms with Gasteiger partial charge in [0, 0.05) is 5.56 Å². The molecule has 1 atom stereocenters. The predicted octanol–water partition coefficient (Wildman–Crippen LogP) is 5.81. The van der Waals surface area contributed by atoms with E-state index in [-0.39, 0.29) is 34.0 Å². The largest absolute Gasteiger partial charge is 0.508 e. The molecule has 6 nitrogen and oxygen atoms in total. The summed E-state index contributed by atoms with van der Waals surface area (Å²) in [5.74, 6) is -2.13. The Balaban J connectivity index is 2.43. The van der Waals surface area contributed by atoms with Crippen LogP contribution in [0.2, 0.25) is 10.0 Å². The summed E-state index contributed by atoms with van der Waals surface area (Å²) >= 11 is 12.2. The molecular formula is C19H21Cl2FN2O4. The molecule has 0 bridgehead atoms. The van der Waals surface area contributed by atoms with Crippen LogP contribution in [-0.2, 0) is 4.79 Å². The van der Waals surface area contributed by atoms with Gasteiger partial charge in [0.2, 0.25) is 5.95 Å². The number of phenolic OH excluding ortho intramolecular Hbond substituents is 1. The number of rotatable bonds is 8. The zero-order valence-corrected chi connectivity index (χ0v) is 17.1. The van der Waals surface area contributed by atoms with Crippen molar-refractivity contribution in [2.45, 2.75) is 45.6 Å². The van der Waals surface area contributed by atoms with E-state index in [1.807, 2.05) is 20.8 Å². The lowest BCUT2D eigenvalue weighted by atomic mass is 10.0. The van der Waals surface area contributed by atoms with Crippen molar-refractivity contribution in [3.63, 3.8) is 0 Å². The molecule has 28 heavy (non-hydrogen) atoms. The Labute approximate surface area is 172 Å². The van der Waals surface area contributed by atoms with Crippen LogP contribution in [0.1, 0.15) is 45.1 Å². The van der Waals surface area contributed by atoms with Crippen molar-refractivity contribution in [1.29, 1.82) is 0 Å². The Morgan fingerprint density at radius 3 is 2.57 bits per heavy atom. The van der Waals surface area contributed by atoms with Gasteiger partial charge in [-0.3, -0.25) is 0 Å². The molecule has 0 aliphatic rings. The van der Waals surface area contributed by atoms with Gasteiger partial charge < -0.3 is 20.3 Å². The molecule has 1 aromatic carbocycles. The molecule has 0 fully saturated rings. The number of hydrogen-bond acceptors (Lipinski definition) is 5. The van der Waals surface area contributed by atoms with Crippen molar-refractivity contribution in [1.82, 2.24) is 4.98 Å². The Kier molecular flexibility index (Phi) is 7.32. The molecule has 0 saturated carbocycles. The number of phenols is 1. The summed E-state index contributed by atoms with van der Waals surface area (Å²) < 4.78 is 19.9. The maximum atomic E-state index is 14.2. The summed E-state index contributed by atoms with van der Waals surface area (Å²) in [5, 5.41) is 21.3. The first kappa shape index (κ1) is 22.0. The number of carbonyl (C=O) groups is 1. The first-order valence-corrected chi connectivity index (χ1v) is 9.45. The third-order valence-corrected chi connectivity index (χ3v) is 4.70. The van der Waals surface area contributed by atoms with Crippen LogP contribution in [0, 0.1) is 5.95 Å². The standard InChI is InChI=1S/C19H21Cl2FN2O4/c1-4-5-12(19(26)27)23-18-15(21)16(14(20)17(22)24-18)28-10-6-7-13(25)11(8-10)9(2)3/h6-9,12,25H,4-5H2,1-3H3,(H,23,24)(H,26,27)/t12-/m0/s1. The van der Waals surface area contributed by atoms with Gasteiger partial charge in [-0.05, 0) is 30.5 Å². The number of aromatic hydroxyl groups is 1. The van der Waals surface area contributed by atoms with Crippen molar-refractivity contribution < 1.29 is 24.1 Å². The van der Waals surface area contributed by atoms with Crippen LogP contribution in [0.4, 0.5) is 10.2 Å². The summed E-state index contributed by atoms with van der Waals surface area (Å²) in [6.07, 6.45) is 0.885. The number of carboxylic acids is 1. The first-order valence-electron chi connectivity index (χ1n) is 8.70. The Bertz CT molecular complexity index is 877. The van der Waals surface area contributed by atoms with Gasteiger partial charge in [-0.15, -0.1) is 0 Å². The molecule has 0 amide bonds. The second-order valence-electron chi connectivity index (χ2n) is 6.51. The molecule has 1 aromatic heterocycles. The highest BCUT2D eigenvalue weighted by Gasteiger charge is 2.24. The number of pyridine rings is 1. The lowest BCUT2D eigenvalue weighted by Gasteiger charge is -2.18. The molecule has 0 spiro atoms. The van der Waals surface area contributed by atoms with E-state index in [1.165, 1.54) is 12.1 Å². The number of nitrogens with one attached hydrogen (secondary N) is 1. The lowest BCUT2D eigenvalue weighted by Crippen LogP contribution is -2.29. The topological polar surface area (TPSA) is 91.7 Å². The minimum Gasteiger partial charge on any atom is -0.508 e. The fraction of sp³-hybridized carbons (Fsp3) is 0.368. The van der Waals surface area contributed by atoms with E-state index in [0.29, 0.717) is 18.4 Å². The highest BCUT2D eigenvalue weighted by Crippen LogP contribution is 2.42. The van der Waals surface area contributed by atoms with E-state index < -0.39 is 23.0 Å². The molecular weight excluding hydrogens is 410 g/mol. The number of carboxylic acid groups (broad SMARTS) is 1. The van der Waals surface area contributed by atoms with E-state index in [1.54, 1.807) is 6.07 Å². The Hall–Kier alpha value is -2.25. The van der Waals surface area contributed by atoms with Gasteiger partial charge in [0.15, 0.2) is 11.6 Å². The fourth-order valence-corrected chi connectivity index (χ4v) is 3.02. The number of ether oxygens (including phenoxy) is 1. The van der Waals surface area contributed by atoms with Gasteiger partial charge in [-0.2, -0.15) is 9.37 Å². The molecule has 0 unspecified atom stereocenters. The molecule has 1 heterocycles. The van der Waals surface area contributed by atoms with Crippen molar-refractivity contribution in [2.75, 3.05) is 5.32 Å². The zero-order valence-electron chi connectivity index (χ0n) is 15.6. The smallest absolute Gasteiger partial charge is 0.326 e. The number of benzene rings is 1. The maximum Gasteiger partial charge on any atom is 0.326 e. The summed E-state index contributed by atoms with van der Waals surface area (Å²) in [7, 11) is 0. The van der Waals surface area contributed by atoms with E-state index in [0.717, 1.165) is 0 Å². The van der Waals surface area contributed by atoms with E-state index >= 15 is 0 Å². The van der Waals surface area contributed by atoms with Crippen LogP contribution in [0.15, 0.2) is 18.2 Å². The van der Waals surface area contributed by atoms with E-state index in [2.05, 4.69) is 10.3 Å². The Morgan fingerprint density at radius 1 is 1.32 bits per heavy atom. The van der Waals surface area contributed by atoms with E-state index in [9.17, 15) is 19.4 Å². The van der Waals surface area contributed by atoms with Gasteiger partial charge in [0.05, 0.1) is 0 Å². The second-order valence-corrected chi connectivity index (χ2v) is 7.27. The quantitative estimate of drug-likeness (QED) is 0.457. The Morgan fingerprint density at radius 2 is 2.00 bits per heavy atom. The number of halogens is 3. The van der Waals surface area contributed by atoms with Crippen LogP contribution in [0.25, 0.3) is 0 Å². The van der Waals surface area contributed by atoms with Gasteiger partial charge in [0.25, 0.3) is 0 Å². The van der Waals surface area contributed by atoms with Gasteiger partial charge in [-0.1, -0.05) is 50.4 Å². The van der Waals surface area contributed by atoms with Crippen LogP contribution in [0.3, 0.4) is 0 Å². The number of hydrogen-bond donors (Lipinski definition) is 3. The minimum absolute atomic E-state index is 0.0197. The summed E-state index contributed by atoms with van der Waals surface area (Å²) in [6.45, 7) is 5.61. The summed E-state index contributed by atoms with van der Waals surface area (Å²) in [6, 6.07) is 3.53. The second kappa shape index (κ2) is 9.30. The maximum absolute atomic E-state index is 14.2. The van der Waals surface area contributed by atoms with Crippen LogP contribution in [0.5, 0.6) is 17.2 Å². The predicted molar refractivity (Wildman–Crippen MR) is 106 cm³/mol. The molecule has 0 aliphatic heterocycles. The van der Waals surface area contributed by atoms with Crippen molar-refractivity contribution in [3.8, 4) is 17.2 Å². The lowest BCUT2D eigenvalue weighted by molar-refractivity contribution is -0.138. The molecule has 9 heteroatoms. The highest BCUT2D eigenvalue weighted by atomic mass is 35.5. The van der Waals surface area contributed by atoms with Crippen LogP contribution < -0.4 is 10.1 Å². The van der Waals surface area contributed by atoms with Crippen molar-refractivity contribution >= 4 is 35.0 Å². The highest BCUT2D eigenvalue weighted by molar-refractivity contribution is 6.38. The van der Waals surface area contributed by atoms with Crippen LogP contribution >= 0.6 is 23.2 Å². The first-order chi connectivity index (χ1) is 13.1. The van der Waals surface area contributed by atoms with Crippen LogP contribution in [-0.4, -0.2) is 27.2 Å². The number of aromatic nitrogens is 1. The molecule has 0 aliphatic carbocycles. The molecule has 152 valence electrons. The van der Waals surface area contributed by atoms with Gasteiger partial charge >= 0.3 is 5.97 Å². The van der Waals surface area contributed by atoms with Gasteiger partial charge in [0.1, 0.15) is 27.6 Å².